The van der Waals surface area contributed by atoms with Crippen molar-refractivity contribution in [3.8, 4) is 11.5 Å². The molecule has 3 aromatic rings. The van der Waals surface area contributed by atoms with E-state index in [9.17, 15) is 18.0 Å². The molecule has 0 saturated heterocycles. The first-order valence-electron chi connectivity index (χ1n) is 9.68. The maximum Gasteiger partial charge on any atom is 0.262 e. The number of sulfonamides is 1. The van der Waals surface area contributed by atoms with Crippen LogP contribution in [0.4, 0.5) is 11.4 Å². The second-order valence-corrected chi connectivity index (χ2v) is 9.02. The highest BCUT2D eigenvalue weighted by molar-refractivity contribution is 7.92. The number of Topliss-reactive ketones (excluding diaryl/α,β-unsaturated/α-hetero) is 1. The monoisotopic (exact) mass is 488 g/mol. The van der Waals surface area contributed by atoms with Crippen molar-refractivity contribution in [3.05, 3.63) is 77.3 Å². The molecule has 0 spiro atoms. The van der Waals surface area contributed by atoms with E-state index in [1.165, 1.54) is 38.3 Å². The Morgan fingerprint density at radius 1 is 0.939 bits per heavy atom. The van der Waals surface area contributed by atoms with Gasteiger partial charge in [0.05, 0.1) is 12.0 Å². The molecule has 0 unspecified atom stereocenters. The fourth-order valence-electron chi connectivity index (χ4n) is 2.82. The van der Waals surface area contributed by atoms with Crippen LogP contribution < -0.4 is 19.5 Å². The van der Waals surface area contributed by atoms with Crippen molar-refractivity contribution < 1.29 is 27.5 Å². The van der Waals surface area contributed by atoms with Crippen molar-refractivity contribution in [1.82, 2.24) is 0 Å². The van der Waals surface area contributed by atoms with E-state index in [2.05, 4.69) is 10.0 Å². The van der Waals surface area contributed by atoms with Crippen LogP contribution in [0.25, 0.3) is 0 Å². The Kier molecular flexibility index (Phi) is 7.57. The summed E-state index contributed by atoms with van der Waals surface area (Å²) in [5, 5.41) is 3.08. The quantitative estimate of drug-likeness (QED) is 0.433. The van der Waals surface area contributed by atoms with Crippen LogP contribution in [0.2, 0.25) is 5.02 Å². The van der Waals surface area contributed by atoms with Gasteiger partial charge < -0.3 is 14.8 Å². The third-order valence-corrected chi connectivity index (χ3v) is 6.08. The van der Waals surface area contributed by atoms with Gasteiger partial charge in [0.1, 0.15) is 0 Å². The number of methoxy groups -OCH3 is 1. The Labute approximate surface area is 196 Å². The molecule has 2 N–H and O–H groups in total. The van der Waals surface area contributed by atoms with E-state index in [1.807, 2.05) is 0 Å². The maximum atomic E-state index is 12.7. The number of anilines is 2. The van der Waals surface area contributed by atoms with Gasteiger partial charge in [0.15, 0.2) is 23.9 Å². The zero-order valence-electron chi connectivity index (χ0n) is 17.8. The van der Waals surface area contributed by atoms with Gasteiger partial charge in [-0.15, -0.1) is 0 Å². The molecule has 1 amide bonds. The fourth-order valence-corrected chi connectivity index (χ4v) is 4.05. The molecule has 33 heavy (non-hydrogen) atoms. The number of halogens is 1. The zero-order chi connectivity index (χ0) is 24.0. The summed E-state index contributed by atoms with van der Waals surface area (Å²) in [5.41, 5.74) is 1.09. The first-order chi connectivity index (χ1) is 15.7. The predicted molar refractivity (Wildman–Crippen MR) is 126 cm³/mol. The molecular formula is C23H21ClN2O6S. The Bertz CT molecular complexity index is 1280. The SMILES string of the molecule is COc1cc(C(C)=O)ccc1OCC(=O)Nc1cccc(S(=O)(=O)Nc2ccc(Cl)cc2)c1. The standard InChI is InChI=1S/C23H21ClN2O6S/c1-15(27)16-6-11-21(22(12-16)31-2)32-14-23(28)25-19-4-3-5-20(13-19)33(29,30)26-18-9-7-17(24)8-10-18/h3-13,26H,14H2,1-2H3,(H,25,28). The van der Waals surface area contributed by atoms with Gasteiger partial charge in [-0.2, -0.15) is 0 Å². The van der Waals surface area contributed by atoms with Crippen molar-refractivity contribution in [1.29, 1.82) is 0 Å². The number of carbonyl (C=O) groups excluding carboxylic acids is 2. The lowest BCUT2D eigenvalue weighted by Crippen LogP contribution is -2.21. The summed E-state index contributed by atoms with van der Waals surface area (Å²) < 4.78 is 38.5. The van der Waals surface area contributed by atoms with Crippen LogP contribution in [0.15, 0.2) is 71.6 Å². The molecule has 8 nitrogen and oxygen atoms in total. The maximum absolute atomic E-state index is 12.7. The molecule has 0 saturated carbocycles. The van der Waals surface area contributed by atoms with Crippen molar-refractivity contribution in [2.75, 3.05) is 23.8 Å². The Balaban J connectivity index is 1.66. The van der Waals surface area contributed by atoms with Gasteiger partial charge in [0.2, 0.25) is 0 Å². The molecule has 0 aliphatic rings. The highest BCUT2D eigenvalue weighted by Crippen LogP contribution is 2.28. The fraction of sp³-hybridized carbons (Fsp3) is 0.130. The smallest absolute Gasteiger partial charge is 0.262 e. The summed E-state index contributed by atoms with van der Waals surface area (Å²) in [6.45, 7) is 1.08. The Morgan fingerprint density at radius 2 is 1.67 bits per heavy atom. The minimum absolute atomic E-state index is 0.0299. The summed E-state index contributed by atoms with van der Waals surface area (Å²) in [6.07, 6.45) is 0. The number of ketones is 1. The first-order valence-corrected chi connectivity index (χ1v) is 11.5. The van der Waals surface area contributed by atoms with E-state index < -0.39 is 15.9 Å². The number of benzene rings is 3. The summed E-state index contributed by atoms with van der Waals surface area (Å²) in [5.74, 6) is -0.0242. The van der Waals surface area contributed by atoms with Crippen molar-refractivity contribution >= 4 is 44.7 Å². The number of hydrogen-bond donors (Lipinski definition) is 2. The molecule has 3 aromatic carbocycles. The van der Waals surface area contributed by atoms with Gasteiger partial charge in [-0.1, -0.05) is 17.7 Å². The predicted octanol–water partition coefficient (Wildman–Crippen LogP) is 4.37. The summed E-state index contributed by atoms with van der Waals surface area (Å²) in [7, 11) is -2.45. The van der Waals surface area contributed by atoms with Gasteiger partial charge in [-0.3, -0.25) is 14.3 Å². The lowest BCUT2D eigenvalue weighted by Gasteiger charge is -2.12. The number of carbonyl (C=O) groups is 2. The molecule has 10 heteroatoms. The molecule has 172 valence electrons. The first kappa shape index (κ1) is 24.1. The molecule has 0 bridgehead atoms. The van der Waals surface area contributed by atoms with Crippen molar-refractivity contribution in [3.63, 3.8) is 0 Å². The largest absolute Gasteiger partial charge is 0.493 e. The van der Waals surface area contributed by atoms with E-state index >= 15 is 0 Å². The lowest BCUT2D eigenvalue weighted by molar-refractivity contribution is -0.118. The zero-order valence-corrected chi connectivity index (χ0v) is 19.4. The molecule has 0 radical (unpaired) electrons. The second-order valence-electron chi connectivity index (χ2n) is 6.90. The number of ether oxygens (including phenoxy) is 2. The lowest BCUT2D eigenvalue weighted by atomic mass is 10.1. The van der Waals surface area contributed by atoms with Gasteiger partial charge in [-0.25, -0.2) is 8.42 Å². The second kappa shape index (κ2) is 10.4. The van der Waals surface area contributed by atoms with Gasteiger partial charge in [0.25, 0.3) is 15.9 Å². The number of amides is 1. The van der Waals surface area contributed by atoms with E-state index in [0.717, 1.165) is 0 Å². The van der Waals surface area contributed by atoms with E-state index in [4.69, 9.17) is 21.1 Å². The average molecular weight is 489 g/mol. The van der Waals surface area contributed by atoms with Crippen molar-refractivity contribution in [2.45, 2.75) is 11.8 Å². The van der Waals surface area contributed by atoms with Crippen molar-refractivity contribution in [2.24, 2.45) is 0 Å². The molecule has 3 rings (SSSR count). The van der Waals surface area contributed by atoms with E-state index in [-0.39, 0.29) is 23.0 Å². The highest BCUT2D eigenvalue weighted by Gasteiger charge is 2.16. The normalized spacial score (nSPS) is 10.9. The summed E-state index contributed by atoms with van der Waals surface area (Å²) in [6, 6.07) is 16.7. The van der Waals surface area contributed by atoms with Gasteiger partial charge >= 0.3 is 0 Å². The van der Waals surface area contributed by atoms with Crippen LogP contribution in [0.1, 0.15) is 17.3 Å². The van der Waals surface area contributed by atoms with E-state index in [1.54, 1.807) is 42.5 Å². The van der Waals surface area contributed by atoms with Crippen LogP contribution in [-0.4, -0.2) is 33.8 Å². The average Bonchev–Trinajstić information content (AvgIpc) is 2.79. The Morgan fingerprint density at radius 3 is 2.33 bits per heavy atom. The van der Waals surface area contributed by atoms with Gasteiger partial charge in [0, 0.05) is 22.0 Å². The molecule has 0 heterocycles. The third-order valence-electron chi connectivity index (χ3n) is 4.45. The third kappa shape index (κ3) is 6.47. The number of nitrogens with one attached hydrogen (secondary N) is 2. The van der Waals surface area contributed by atoms with Crippen LogP contribution in [0, 0.1) is 0 Å². The van der Waals surface area contributed by atoms with E-state index in [0.29, 0.717) is 27.8 Å². The molecule has 0 fully saturated rings. The molecule has 0 aromatic heterocycles. The highest BCUT2D eigenvalue weighted by atomic mass is 35.5. The summed E-state index contributed by atoms with van der Waals surface area (Å²) >= 11 is 5.82. The summed E-state index contributed by atoms with van der Waals surface area (Å²) in [4.78, 5) is 23.8. The topological polar surface area (TPSA) is 111 Å². The van der Waals surface area contributed by atoms with Crippen LogP contribution in [-0.2, 0) is 14.8 Å². The Hall–Kier alpha value is -3.56. The van der Waals surface area contributed by atoms with Crippen LogP contribution in [0.3, 0.4) is 0 Å². The molecule has 0 aliphatic carbocycles. The number of hydrogen-bond acceptors (Lipinski definition) is 6. The molecular weight excluding hydrogens is 468 g/mol. The molecule has 0 aliphatic heterocycles. The number of rotatable bonds is 9. The van der Waals surface area contributed by atoms with Crippen LogP contribution >= 0.6 is 11.6 Å². The molecule has 0 atom stereocenters. The minimum atomic E-state index is -3.88. The van der Waals surface area contributed by atoms with Crippen LogP contribution in [0.5, 0.6) is 11.5 Å². The van der Waals surface area contributed by atoms with Gasteiger partial charge in [-0.05, 0) is 67.6 Å². The minimum Gasteiger partial charge on any atom is -0.493 e.